The molecule has 1 aromatic rings. The van der Waals surface area contributed by atoms with E-state index in [1.807, 2.05) is 13.8 Å². The molecule has 8 heteroatoms. The molecular weight excluding hydrogens is 326 g/mol. The normalized spacial score (nSPS) is 13.8. The number of carbonyl (C=O) groups excluding carboxylic acids is 1. The van der Waals surface area contributed by atoms with Crippen molar-refractivity contribution in [3.63, 3.8) is 0 Å². The molecule has 0 bridgehead atoms. The van der Waals surface area contributed by atoms with E-state index in [0.717, 1.165) is 6.42 Å². The molecule has 0 fully saturated rings. The maximum atomic E-state index is 11.9. The van der Waals surface area contributed by atoms with E-state index < -0.39 is 16.1 Å². The summed E-state index contributed by atoms with van der Waals surface area (Å²) in [6.07, 6.45) is 0.815. The Bertz CT molecular complexity index is 552. The van der Waals surface area contributed by atoms with Gasteiger partial charge in [0.2, 0.25) is 15.9 Å². The molecule has 0 aliphatic carbocycles. The molecule has 1 amide bonds. The van der Waals surface area contributed by atoms with Gasteiger partial charge in [0, 0.05) is 13.1 Å². The molecule has 0 spiro atoms. The zero-order valence-electron chi connectivity index (χ0n) is 12.8. The van der Waals surface area contributed by atoms with Gasteiger partial charge in [0.25, 0.3) is 0 Å². The number of hydrogen-bond donors (Lipinski definition) is 3. The second kappa shape index (κ2) is 9.78. The Balaban J connectivity index is 0.00000441. The van der Waals surface area contributed by atoms with Gasteiger partial charge in [0.1, 0.15) is 0 Å². The lowest BCUT2D eigenvalue weighted by molar-refractivity contribution is -0.123. The van der Waals surface area contributed by atoms with Crippen molar-refractivity contribution >= 4 is 28.3 Å². The number of sulfonamides is 1. The summed E-state index contributed by atoms with van der Waals surface area (Å²) in [5.41, 5.74) is 5.78. The molecule has 126 valence electrons. The molecule has 0 saturated heterocycles. The van der Waals surface area contributed by atoms with Crippen LogP contribution in [0.2, 0.25) is 0 Å². The summed E-state index contributed by atoms with van der Waals surface area (Å²) in [6, 6.07) is 7.51. The Labute approximate surface area is 138 Å². The lowest BCUT2D eigenvalue weighted by Gasteiger charge is -2.17. The van der Waals surface area contributed by atoms with Crippen molar-refractivity contribution in [1.29, 1.82) is 0 Å². The van der Waals surface area contributed by atoms with Gasteiger partial charge in [-0.15, -0.1) is 12.4 Å². The van der Waals surface area contributed by atoms with Gasteiger partial charge in [-0.2, -0.15) is 0 Å². The highest BCUT2D eigenvalue weighted by Crippen LogP contribution is 2.06. The van der Waals surface area contributed by atoms with Crippen molar-refractivity contribution in [1.82, 2.24) is 10.0 Å². The third-order valence-corrected chi connectivity index (χ3v) is 4.81. The van der Waals surface area contributed by atoms with E-state index >= 15 is 0 Å². The Morgan fingerprint density at radius 2 is 1.82 bits per heavy atom. The number of hydrogen-bond acceptors (Lipinski definition) is 4. The number of carbonyl (C=O) groups is 1. The minimum absolute atomic E-state index is 0. The topological polar surface area (TPSA) is 101 Å². The van der Waals surface area contributed by atoms with E-state index in [0.29, 0.717) is 0 Å². The van der Waals surface area contributed by atoms with Crippen LogP contribution < -0.4 is 15.8 Å². The summed E-state index contributed by atoms with van der Waals surface area (Å²) >= 11 is 0. The zero-order chi connectivity index (χ0) is 15.9. The van der Waals surface area contributed by atoms with Gasteiger partial charge in [0.15, 0.2) is 0 Å². The maximum Gasteiger partial charge on any atom is 0.240 e. The molecular formula is C14H24ClN3O3S. The van der Waals surface area contributed by atoms with Crippen LogP contribution in [-0.4, -0.2) is 33.5 Å². The van der Waals surface area contributed by atoms with E-state index in [1.54, 1.807) is 18.2 Å². The SMILES string of the molecule is CCC(C)C(N)C(=O)NCCNS(=O)(=O)c1ccccc1.Cl. The molecule has 0 heterocycles. The van der Waals surface area contributed by atoms with Crippen molar-refractivity contribution in [2.75, 3.05) is 13.1 Å². The predicted molar refractivity (Wildman–Crippen MR) is 89.3 cm³/mol. The molecule has 0 aliphatic rings. The van der Waals surface area contributed by atoms with Crippen LogP contribution in [0.4, 0.5) is 0 Å². The van der Waals surface area contributed by atoms with Crippen LogP contribution in [0.3, 0.4) is 0 Å². The molecule has 4 N–H and O–H groups in total. The average Bonchev–Trinajstić information content (AvgIpc) is 2.50. The summed E-state index contributed by atoms with van der Waals surface area (Å²) in [5.74, 6) is -0.172. The highest BCUT2D eigenvalue weighted by atomic mass is 35.5. The molecule has 1 aromatic carbocycles. The first-order valence-electron chi connectivity index (χ1n) is 6.96. The molecule has 1 rings (SSSR count). The Morgan fingerprint density at radius 3 is 2.36 bits per heavy atom. The maximum absolute atomic E-state index is 11.9. The lowest BCUT2D eigenvalue weighted by atomic mass is 9.99. The van der Waals surface area contributed by atoms with E-state index in [1.165, 1.54) is 12.1 Å². The summed E-state index contributed by atoms with van der Waals surface area (Å²) in [6.45, 7) is 4.19. The fraction of sp³-hybridized carbons (Fsp3) is 0.500. The third kappa shape index (κ3) is 6.31. The highest BCUT2D eigenvalue weighted by molar-refractivity contribution is 7.89. The lowest BCUT2D eigenvalue weighted by Crippen LogP contribution is -2.46. The van der Waals surface area contributed by atoms with Crippen LogP contribution in [0.15, 0.2) is 35.2 Å². The van der Waals surface area contributed by atoms with Crippen LogP contribution in [0.5, 0.6) is 0 Å². The fourth-order valence-electron chi connectivity index (χ4n) is 1.68. The first kappa shape index (κ1) is 20.9. The van der Waals surface area contributed by atoms with Gasteiger partial charge < -0.3 is 11.1 Å². The van der Waals surface area contributed by atoms with Crippen molar-refractivity contribution in [3.8, 4) is 0 Å². The van der Waals surface area contributed by atoms with Crippen LogP contribution in [0.1, 0.15) is 20.3 Å². The van der Waals surface area contributed by atoms with E-state index in [4.69, 9.17) is 5.73 Å². The first-order valence-corrected chi connectivity index (χ1v) is 8.44. The van der Waals surface area contributed by atoms with Crippen molar-refractivity contribution in [3.05, 3.63) is 30.3 Å². The Hall–Kier alpha value is -1.15. The van der Waals surface area contributed by atoms with Gasteiger partial charge >= 0.3 is 0 Å². The standard InChI is InChI=1S/C14H23N3O3S.ClH/c1-3-11(2)13(15)14(18)16-9-10-17-21(19,20)12-7-5-4-6-8-12;/h4-8,11,13,17H,3,9-10,15H2,1-2H3,(H,16,18);1H. The molecule has 2 unspecified atom stereocenters. The van der Waals surface area contributed by atoms with Crippen LogP contribution in [0, 0.1) is 5.92 Å². The average molecular weight is 350 g/mol. The molecule has 0 saturated carbocycles. The molecule has 22 heavy (non-hydrogen) atoms. The summed E-state index contributed by atoms with van der Waals surface area (Å²) in [7, 11) is -3.53. The number of benzene rings is 1. The number of amides is 1. The van der Waals surface area contributed by atoms with Crippen LogP contribution in [-0.2, 0) is 14.8 Å². The molecule has 0 aromatic heterocycles. The smallest absolute Gasteiger partial charge is 0.240 e. The zero-order valence-corrected chi connectivity index (χ0v) is 14.4. The Kier molecular flexibility index (Phi) is 9.27. The first-order chi connectivity index (χ1) is 9.88. The number of rotatable bonds is 8. The van der Waals surface area contributed by atoms with Gasteiger partial charge in [-0.05, 0) is 18.1 Å². The number of halogens is 1. The number of nitrogens with one attached hydrogen (secondary N) is 2. The molecule has 0 aliphatic heterocycles. The van der Waals surface area contributed by atoms with E-state index in [9.17, 15) is 13.2 Å². The fourth-order valence-corrected chi connectivity index (χ4v) is 2.74. The van der Waals surface area contributed by atoms with Crippen molar-refractivity contribution in [2.45, 2.75) is 31.2 Å². The van der Waals surface area contributed by atoms with Gasteiger partial charge in [0.05, 0.1) is 10.9 Å². The van der Waals surface area contributed by atoms with Crippen LogP contribution >= 0.6 is 12.4 Å². The van der Waals surface area contributed by atoms with Gasteiger partial charge in [-0.1, -0.05) is 38.5 Å². The van der Waals surface area contributed by atoms with Gasteiger partial charge in [-0.3, -0.25) is 4.79 Å². The quantitative estimate of drug-likeness (QED) is 0.606. The summed E-state index contributed by atoms with van der Waals surface area (Å²) in [5, 5.41) is 2.63. The monoisotopic (exact) mass is 349 g/mol. The summed E-state index contributed by atoms with van der Waals surface area (Å²) < 4.78 is 26.3. The van der Waals surface area contributed by atoms with Crippen molar-refractivity contribution < 1.29 is 13.2 Å². The largest absolute Gasteiger partial charge is 0.353 e. The Morgan fingerprint density at radius 1 is 1.23 bits per heavy atom. The minimum Gasteiger partial charge on any atom is -0.353 e. The highest BCUT2D eigenvalue weighted by Gasteiger charge is 2.19. The minimum atomic E-state index is -3.53. The molecule has 0 radical (unpaired) electrons. The molecule has 2 atom stereocenters. The second-order valence-corrected chi connectivity index (χ2v) is 6.68. The second-order valence-electron chi connectivity index (χ2n) is 4.91. The predicted octanol–water partition coefficient (Wildman–Crippen LogP) is 0.876. The van der Waals surface area contributed by atoms with Crippen molar-refractivity contribution in [2.24, 2.45) is 11.7 Å². The molecule has 6 nitrogen and oxygen atoms in total. The third-order valence-electron chi connectivity index (χ3n) is 3.33. The number of nitrogens with two attached hydrogens (primary N) is 1. The van der Waals surface area contributed by atoms with Gasteiger partial charge in [-0.25, -0.2) is 13.1 Å². The summed E-state index contributed by atoms with van der Waals surface area (Å²) in [4.78, 5) is 11.9. The van der Waals surface area contributed by atoms with E-state index in [2.05, 4.69) is 10.0 Å². The van der Waals surface area contributed by atoms with E-state index in [-0.39, 0.29) is 42.2 Å². The van der Waals surface area contributed by atoms with Crippen LogP contribution in [0.25, 0.3) is 0 Å².